The number of nitrogens with one attached hydrogen (secondary N) is 1. The molecule has 3 N–H and O–H groups in total. The van der Waals surface area contributed by atoms with Gasteiger partial charge in [0, 0.05) is 13.7 Å². The van der Waals surface area contributed by atoms with Crippen LogP contribution in [0.25, 0.3) is 0 Å². The van der Waals surface area contributed by atoms with E-state index in [1.165, 1.54) is 0 Å². The van der Waals surface area contributed by atoms with Crippen LogP contribution in [-0.2, 0) is 22.7 Å². The first kappa shape index (κ1) is 15.7. The number of hydrogen-bond donors (Lipinski definition) is 2. The van der Waals surface area contributed by atoms with Crippen molar-refractivity contribution in [2.45, 2.75) is 39.5 Å². The highest BCUT2D eigenvalue weighted by molar-refractivity contribution is 5.81. The van der Waals surface area contributed by atoms with Crippen LogP contribution in [0.1, 0.15) is 31.4 Å². The van der Waals surface area contributed by atoms with E-state index in [2.05, 4.69) is 5.32 Å². The second kappa shape index (κ2) is 7.92. The minimum Gasteiger partial charge on any atom is -0.380 e. The summed E-state index contributed by atoms with van der Waals surface area (Å²) in [4.78, 5) is 11.9. The number of benzene rings is 1. The first-order valence-electron chi connectivity index (χ1n) is 6.68. The van der Waals surface area contributed by atoms with E-state index >= 15 is 0 Å². The lowest BCUT2D eigenvalue weighted by Gasteiger charge is -2.17. The smallest absolute Gasteiger partial charge is 0.237 e. The van der Waals surface area contributed by atoms with Crippen LogP contribution in [0.3, 0.4) is 0 Å². The number of rotatable bonds is 7. The molecule has 0 heterocycles. The summed E-state index contributed by atoms with van der Waals surface area (Å²) < 4.78 is 5.09. The van der Waals surface area contributed by atoms with E-state index in [9.17, 15) is 4.79 Å². The third-order valence-corrected chi connectivity index (χ3v) is 3.33. The number of nitrogens with two attached hydrogens (primary N) is 1. The highest BCUT2D eigenvalue weighted by Gasteiger charge is 2.18. The maximum atomic E-state index is 11.9. The Bertz CT molecular complexity index is 407. The van der Waals surface area contributed by atoms with Crippen molar-refractivity contribution in [2.75, 3.05) is 7.11 Å². The van der Waals surface area contributed by atoms with E-state index in [4.69, 9.17) is 10.5 Å². The molecular formula is C15H24N2O2. The SMILES string of the molecule is CCC(C)[C@H](N)C(=O)NCc1cccc(COC)c1. The molecule has 4 nitrogen and oxygen atoms in total. The molecule has 0 bridgehead atoms. The third-order valence-electron chi connectivity index (χ3n) is 3.33. The van der Waals surface area contributed by atoms with Gasteiger partial charge in [0.15, 0.2) is 0 Å². The maximum absolute atomic E-state index is 11.9. The summed E-state index contributed by atoms with van der Waals surface area (Å²) in [6.07, 6.45) is 0.901. The van der Waals surface area contributed by atoms with Gasteiger partial charge in [0.25, 0.3) is 0 Å². The summed E-state index contributed by atoms with van der Waals surface area (Å²) in [5.41, 5.74) is 8.03. The molecule has 0 aliphatic heterocycles. The first-order chi connectivity index (χ1) is 9.08. The molecule has 0 fully saturated rings. The number of carbonyl (C=O) groups is 1. The summed E-state index contributed by atoms with van der Waals surface area (Å²) in [6.45, 7) is 5.10. The predicted molar refractivity (Wildman–Crippen MR) is 76.4 cm³/mol. The molecule has 0 radical (unpaired) electrons. The van der Waals surface area contributed by atoms with Gasteiger partial charge in [-0.25, -0.2) is 0 Å². The van der Waals surface area contributed by atoms with Crippen LogP contribution < -0.4 is 11.1 Å². The summed E-state index contributed by atoms with van der Waals surface area (Å²) in [7, 11) is 1.67. The highest BCUT2D eigenvalue weighted by Crippen LogP contribution is 2.08. The fourth-order valence-electron chi connectivity index (χ4n) is 1.82. The molecule has 2 atom stereocenters. The zero-order valence-electron chi connectivity index (χ0n) is 12.0. The van der Waals surface area contributed by atoms with E-state index in [1.54, 1.807) is 7.11 Å². The maximum Gasteiger partial charge on any atom is 0.237 e. The number of ether oxygens (including phenoxy) is 1. The van der Waals surface area contributed by atoms with Gasteiger partial charge in [-0.3, -0.25) is 4.79 Å². The van der Waals surface area contributed by atoms with Crippen LogP contribution in [0.4, 0.5) is 0 Å². The molecule has 0 aliphatic carbocycles. The zero-order chi connectivity index (χ0) is 14.3. The highest BCUT2D eigenvalue weighted by atomic mass is 16.5. The summed E-state index contributed by atoms with van der Waals surface area (Å²) in [5.74, 6) is 0.103. The van der Waals surface area contributed by atoms with E-state index in [0.29, 0.717) is 13.2 Å². The second-order valence-electron chi connectivity index (χ2n) is 4.88. The van der Waals surface area contributed by atoms with Crippen LogP contribution in [0.15, 0.2) is 24.3 Å². The van der Waals surface area contributed by atoms with Gasteiger partial charge >= 0.3 is 0 Å². The first-order valence-corrected chi connectivity index (χ1v) is 6.68. The Labute approximate surface area is 115 Å². The van der Waals surface area contributed by atoms with Crippen LogP contribution in [0, 0.1) is 5.92 Å². The van der Waals surface area contributed by atoms with E-state index in [0.717, 1.165) is 17.5 Å². The molecule has 0 saturated heterocycles. The molecular weight excluding hydrogens is 240 g/mol. The molecule has 4 heteroatoms. The molecule has 1 aromatic rings. The van der Waals surface area contributed by atoms with Gasteiger partial charge in [0.05, 0.1) is 12.6 Å². The fourth-order valence-corrected chi connectivity index (χ4v) is 1.82. The molecule has 1 unspecified atom stereocenters. The predicted octanol–water partition coefficient (Wildman–Crippen LogP) is 1.82. The summed E-state index contributed by atoms with van der Waals surface area (Å²) in [6, 6.07) is 7.53. The molecule has 1 amide bonds. The quantitative estimate of drug-likeness (QED) is 0.789. The van der Waals surface area contributed by atoms with Crippen molar-refractivity contribution in [1.82, 2.24) is 5.32 Å². The van der Waals surface area contributed by atoms with E-state index in [1.807, 2.05) is 38.1 Å². The largest absolute Gasteiger partial charge is 0.380 e. The Morgan fingerprint density at radius 1 is 1.42 bits per heavy atom. The average molecular weight is 264 g/mol. The fraction of sp³-hybridized carbons (Fsp3) is 0.533. The molecule has 0 aliphatic rings. The van der Waals surface area contributed by atoms with Gasteiger partial charge in [-0.15, -0.1) is 0 Å². The Kier molecular flexibility index (Phi) is 6.53. The Morgan fingerprint density at radius 2 is 2.11 bits per heavy atom. The van der Waals surface area contributed by atoms with Crippen molar-refractivity contribution in [3.8, 4) is 0 Å². The lowest BCUT2D eigenvalue weighted by Crippen LogP contribution is -2.44. The molecule has 0 saturated carbocycles. The third kappa shape index (κ3) is 5.01. The monoisotopic (exact) mass is 264 g/mol. The van der Waals surface area contributed by atoms with Crippen LogP contribution in [0.2, 0.25) is 0 Å². The van der Waals surface area contributed by atoms with E-state index < -0.39 is 6.04 Å². The summed E-state index contributed by atoms with van der Waals surface area (Å²) >= 11 is 0. The minimum absolute atomic E-state index is 0.0912. The van der Waals surface area contributed by atoms with Crippen molar-refractivity contribution in [2.24, 2.45) is 11.7 Å². The average Bonchev–Trinajstić information content (AvgIpc) is 2.44. The number of methoxy groups -OCH3 is 1. The Balaban J connectivity index is 2.52. The minimum atomic E-state index is -0.438. The van der Waals surface area contributed by atoms with Crippen molar-refractivity contribution >= 4 is 5.91 Å². The van der Waals surface area contributed by atoms with E-state index in [-0.39, 0.29) is 11.8 Å². The molecule has 1 aromatic carbocycles. The Morgan fingerprint density at radius 3 is 2.74 bits per heavy atom. The molecule has 0 spiro atoms. The van der Waals surface area contributed by atoms with Crippen LogP contribution >= 0.6 is 0 Å². The standard InChI is InChI=1S/C15H24N2O2/c1-4-11(2)14(16)15(18)17-9-12-6-5-7-13(8-12)10-19-3/h5-8,11,14H,4,9-10,16H2,1-3H3,(H,17,18)/t11?,14-/m0/s1. The molecule has 19 heavy (non-hydrogen) atoms. The van der Waals surface area contributed by atoms with Gasteiger partial charge in [-0.2, -0.15) is 0 Å². The summed E-state index contributed by atoms with van der Waals surface area (Å²) in [5, 5.41) is 2.88. The number of hydrogen-bond acceptors (Lipinski definition) is 3. The van der Waals surface area contributed by atoms with Gasteiger partial charge in [-0.1, -0.05) is 44.5 Å². The second-order valence-corrected chi connectivity index (χ2v) is 4.88. The number of amides is 1. The Hall–Kier alpha value is -1.39. The molecule has 106 valence electrons. The zero-order valence-corrected chi connectivity index (χ0v) is 12.0. The van der Waals surface area contributed by atoms with Gasteiger partial charge in [0.1, 0.15) is 0 Å². The van der Waals surface area contributed by atoms with Crippen molar-refractivity contribution in [3.05, 3.63) is 35.4 Å². The van der Waals surface area contributed by atoms with Crippen LogP contribution in [0.5, 0.6) is 0 Å². The van der Waals surface area contributed by atoms with Crippen molar-refractivity contribution < 1.29 is 9.53 Å². The van der Waals surface area contributed by atoms with Crippen LogP contribution in [-0.4, -0.2) is 19.1 Å². The molecule has 0 aromatic heterocycles. The number of carbonyl (C=O) groups excluding carboxylic acids is 1. The van der Waals surface area contributed by atoms with Crippen molar-refractivity contribution in [1.29, 1.82) is 0 Å². The molecule has 1 rings (SSSR count). The normalized spacial score (nSPS) is 13.9. The lowest BCUT2D eigenvalue weighted by atomic mass is 9.99. The van der Waals surface area contributed by atoms with Crippen molar-refractivity contribution in [3.63, 3.8) is 0 Å². The van der Waals surface area contributed by atoms with Gasteiger partial charge in [-0.05, 0) is 17.0 Å². The van der Waals surface area contributed by atoms with Gasteiger partial charge < -0.3 is 15.8 Å². The topological polar surface area (TPSA) is 64.4 Å². The van der Waals surface area contributed by atoms with Gasteiger partial charge in [0.2, 0.25) is 5.91 Å². The lowest BCUT2D eigenvalue weighted by molar-refractivity contribution is -0.123.